The van der Waals surface area contributed by atoms with Crippen molar-refractivity contribution in [2.45, 2.75) is 85.4 Å². The fourth-order valence-electron chi connectivity index (χ4n) is 9.72. The number of ether oxygens (including phenoxy) is 1. The minimum absolute atomic E-state index is 0.0522. The van der Waals surface area contributed by atoms with Crippen molar-refractivity contribution in [1.82, 2.24) is 0 Å². The lowest BCUT2D eigenvalue weighted by Crippen LogP contribution is -2.63. The van der Waals surface area contributed by atoms with Gasteiger partial charge in [-0.3, -0.25) is 0 Å². The molecule has 1 saturated heterocycles. The van der Waals surface area contributed by atoms with Crippen molar-refractivity contribution in [2.24, 2.45) is 45.3 Å². The van der Waals surface area contributed by atoms with Crippen LogP contribution in [-0.4, -0.2) is 29.1 Å². The Bertz CT molecular complexity index is 760. The molecule has 162 valence electrons. The van der Waals surface area contributed by atoms with Crippen LogP contribution >= 0.6 is 0 Å². The average Bonchev–Trinajstić information content (AvgIpc) is 2.95. The predicted molar refractivity (Wildman–Crippen MR) is 111 cm³/mol. The van der Waals surface area contributed by atoms with Crippen LogP contribution in [0.4, 0.5) is 0 Å². The summed E-state index contributed by atoms with van der Waals surface area (Å²) in [7, 11) is 0. The van der Waals surface area contributed by atoms with Gasteiger partial charge in [-0.05, 0) is 84.4 Å². The van der Waals surface area contributed by atoms with Crippen LogP contribution in [0.3, 0.4) is 0 Å². The van der Waals surface area contributed by atoms with Gasteiger partial charge in [-0.15, -0.1) is 0 Å². The summed E-state index contributed by atoms with van der Waals surface area (Å²) in [6.45, 7) is 9.97. The first-order valence-corrected chi connectivity index (χ1v) is 11.8. The second-order valence-corrected chi connectivity index (χ2v) is 12.1. The minimum atomic E-state index is -0.985. The molecule has 0 aromatic rings. The van der Waals surface area contributed by atoms with Gasteiger partial charge in [0.15, 0.2) is 0 Å². The molecule has 5 rings (SSSR count). The third kappa shape index (κ3) is 2.36. The van der Waals surface area contributed by atoms with Crippen molar-refractivity contribution in [2.75, 3.05) is 6.61 Å². The van der Waals surface area contributed by atoms with Gasteiger partial charge in [0.25, 0.3) is 0 Å². The van der Waals surface area contributed by atoms with Crippen LogP contribution in [0.1, 0.15) is 79.1 Å². The topological polar surface area (TPSA) is 66.8 Å². The maximum atomic E-state index is 12.3. The van der Waals surface area contributed by atoms with Crippen molar-refractivity contribution in [3.8, 4) is 0 Å². The Kier molecular flexibility index (Phi) is 4.22. The van der Waals surface area contributed by atoms with Crippen LogP contribution in [0.15, 0.2) is 11.6 Å². The van der Waals surface area contributed by atoms with Crippen molar-refractivity contribution in [3.63, 3.8) is 0 Å². The quantitative estimate of drug-likeness (QED) is 0.636. The Labute approximate surface area is 175 Å². The summed E-state index contributed by atoms with van der Waals surface area (Å²) in [5.41, 5.74) is 1.17. The molecule has 1 aliphatic heterocycles. The molecule has 2 N–H and O–H groups in total. The maximum Gasteiger partial charge on any atom is 0.336 e. The number of carbonyl (C=O) groups excluding carboxylic acids is 1. The van der Waals surface area contributed by atoms with Gasteiger partial charge in [-0.2, -0.15) is 0 Å². The van der Waals surface area contributed by atoms with Crippen LogP contribution in [0.2, 0.25) is 0 Å². The number of cyclic esters (lactones) is 1. The SMILES string of the molecule is C[C@@]1(CO)CCC[C@@]2(C)C1CC[C@@]1(C)C3CC=C4C(=O)O[C@@H](O)[C@@H]4[C@@]3(C)CC[C@H]21. The van der Waals surface area contributed by atoms with E-state index in [-0.39, 0.29) is 33.5 Å². The average molecular weight is 403 g/mol. The largest absolute Gasteiger partial charge is 0.432 e. The summed E-state index contributed by atoms with van der Waals surface area (Å²) in [5.74, 6) is 1.21. The normalized spacial score (nSPS) is 56.4. The first kappa shape index (κ1) is 20.1. The van der Waals surface area contributed by atoms with E-state index in [1.165, 1.54) is 25.7 Å². The molecule has 0 aromatic heterocycles. The molecule has 0 bridgehead atoms. The van der Waals surface area contributed by atoms with Gasteiger partial charge in [0.05, 0.1) is 5.92 Å². The number of hydrogen-bond acceptors (Lipinski definition) is 4. The van der Waals surface area contributed by atoms with Gasteiger partial charge in [0.1, 0.15) is 0 Å². The Balaban J connectivity index is 1.55. The Morgan fingerprint density at radius 3 is 2.34 bits per heavy atom. The number of rotatable bonds is 1. The second-order valence-electron chi connectivity index (χ2n) is 12.1. The number of carbonyl (C=O) groups is 1. The highest BCUT2D eigenvalue weighted by molar-refractivity contribution is 5.91. The first-order valence-electron chi connectivity index (χ1n) is 11.8. The number of esters is 1. The molecule has 0 aromatic carbocycles. The van der Waals surface area contributed by atoms with E-state index >= 15 is 0 Å². The highest BCUT2D eigenvalue weighted by Gasteiger charge is 2.67. The van der Waals surface area contributed by atoms with Crippen molar-refractivity contribution in [1.29, 1.82) is 0 Å². The molecule has 0 spiro atoms. The lowest BCUT2D eigenvalue weighted by atomic mass is 9.35. The van der Waals surface area contributed by atoms with Gasteiger partial charge in [0, 0.05) is 12.2 Å². The van der Waals surface area contributed by atoms with Gasteiger partial charge in [-0.1, -0.05) is 40.2 Å². The lowest BCUT2D eigenvalue weighted by Gasteiger charge is -2.69. The van der Waals surface area contributed by atoms with Gasteiger partial charge in [-0.25, -0.2) is 4.79 Å². The van der Waals surface area contributed by atoms with Crippen LogP contribution < -0.4 is 0 Å². The summed E-state index contributed by atoms with van der Waals surface area (Å²) in [4.78, 5) is 12.3. The Morgan fingerprint density at radius 2 is 1.62 bits per heavy atom. The molecule has 5 aliphatic rings. The van der Waals surface area contributed by atoms with E-state index < -0.39 is 6.29 Å². The van der Waals surface area contributed by atoms with E-state index in [2.05, 4.69) is 33.8 Å². The van der Waals surface area contributed by atoms with Gasteiger partial charge < -0.3 is 14.9 Å². The standard InChI is InChI=1S/C25H38O4/c1-22(14-26)10-5-11-23(2)16(22)8-12-24(3)17-7-6-15-19(21(28)29-20(15)27)25(17,4)13-9-18(23)24/h6,16-19,21,26,28H,5,7-14H2,1-4H3/t16?,17?,18-,19-,21-,22+,23+,24+,25+/m1/s1. The molecular weight excluding hydrogens is 364 g/mol. The summed E-state index contributed by atoms with van der Waals surface area (Å²) in [6.07, 6.45) is 10.2. The molecule has 0 amide bonds. The third-order valence-electron chi connectivity index (χ3n) is 11.0. The van der Waals surface area contributed by atoms with Crippen LogP contribution in [0, 0.1) is 45.3 Å². The molecule has 9 atom stereocenters. The molecular formula is C25H38O4. The van der Waals surface area contributed by atoms with E-state index in [0.29, 0.717) is 24.4 Å². The van der Waals surface area contributed by atoms with Crippen LogP contribution in [0.5, 0.6) is 0 Å². The molecule has 0 radical (unpaired) electrons. The smallest absolute Gasteiger partial charge is 0.336 e. The van der Waals surface area contributed by atoms with E-state index in [0.717, 1.165) is 31.3 Å². The number of hydrogen-bond donors (Lipinski definition) is 2. The summed E-state index contributed by atoms with van der Waals surface area (Å²) < 4.78 is 5.26. The number of aliphatic hydroxyl groups excluding tert-OH is 2. The molecule has 3 saturated carbocycles. The van der Waals surface area contributed by atoms with Gasteiger partial charge in [0.2, 0.25) is 6.29 Å². The zero-order valence-corrected chi connectivity index (χ0v) is 18.5. The summed E-state index contributed by atoms with van der Waals surface area (Å²) >= 11 is 0. The molecule has 4 aliphatic carbocycles. The summed E-state index contributed by atoms with van der Waals surface area (Å²) in [5, 5.41) is 20.9. The van der Waals surface area contributed by atoms with Crippen LogP contribution in [0.25, 0.3) is 0 Å². The zero-order valence-electron chi connectivity index (χ0n) is 18.5. The predicted octanol–water partition coefficient (Wildman–Crippen LogP) is 4.45. The van der Waals surface area contributed by atoms with E-state index in [9.17, 15) is 15.0 Å². The van der Waals surface area contributed by atoms with E-state index in [1.54, 1.807) is 0 Å². The van der Waals surface area contributed by atoms with E-state index in [1.807, 2.05) is 0 Å². The molecule has 4 fully saturated rings. The molecule has 4 nitrogen and oxygen atoms in total. The number of fused-ring (bicyclic) bond motifs is 7. The Hall–Kier alpha value is -0.870. The zero-order chi connectivity index (χ0) is 20.8. The highest BCUT2D eigenvalue weighted by atomic mass is 16.6. The van der Waals surface area contributed by atoms with Crippen molar-refractivity contribution in [3.05, 3.63) is 11.6 Å². The van der Waals surface area contributed by atoms with Gasteiger partial charge >= 0.3 is 5.97 Å². The molecule has 1 heterocycles. The number of aliphatic hydroxyl groups is 2. The summed E-state index contributed by atoms with van der Waals surface area (Å²) in [6, 6.07) is 0. The van der Waals surface area contributed by atoms with Crippen LogP contribution in [-0.2, 0) is 9.53 Å². The highest BCUT2D eigenvalue weighted by Crippen LogP contribution is 2.73. The molecule has 2 unspecified atom stereocenters. The molecule has 29 heavy (non-hydrogen) atoms. The van der Waals surface area contributed by atoms with Crippen molar-refractivity contribution < 1.29 is 19.7 Å². The molecule has 4 heteroatoms. The first-order chi connectivity index (χ1) is 13.6. The maximum absolute atomic E-state index is 12.3. The van der Waals surface area contributed by atoms with E-state index in [4.69, 9.17) is 4.74 Å². The fraction of sp³-hybridized carbons (Fsp3) is 0.880. The monoisotopic (exact) mass is 402 g/mol. The number of allylic oxidation sites excluding steroid dienone is 1. The second kappa shape index (κ2) is 6.09. The van der Waals surface area contributed by atoms with Crippen molar-refractivity contribution >= 4 is 5.97 Å². The fourth-order valence-corrected chi connectivity index (χ4v) is 9.72. The lowest BCUT2D eigenvalue weighted by molar-refractivity contribution is -0.218. The Morgan fingerprint density at radius 1 is 0.966 bits per heavy atom. The minimum Gasteiger partial charge on any atom is -0.432 e. The third-order valence-corrected chi connectivity index (χ3v) is 11.0.